The minimum atomic E-state index is -2.88. The van der Waals surface area contributed by atoms with E-state index in [9.17, 15) is 51.9 Å². The van der Waals surface area contributed by atoms with Crippen molar-refractivity contribution in [1.82, 2.24) is 60.5 Å². The first-order chi connectivity index (χ1) is 44.1. The average Bonchev–Trinajstić information content (AvgIpc) is 1.47. The minimum Gasteiger partial charge on any atom is -0.378 e. The Hall–Kier alpha value is -6.41. The molecular formula is C68H112F2N12O12. The van der Waals surface area contributed by atoms with Crippen molar-refractivity contribution < 1.29 is 66.3 Å². The molecular weight excluding hydrogens is 1210 g/mol. The van der Waals surface area contributed by atoms with E-state index in [4.69, 9.17) is 4.74 Å². The van der Waals surface area contributed by atoms with Crippen LogP contribution in [0.1, 0.15) is 153 Å². The number of nitrogens with zero attached hydrogens (tertiary/aromatic N) is 8. The highest BCUT2D eigenvalue weighted by Gasteiger charge is 2.48. The van der Waals surface area contributed by atoms with Crippen LogP contribution >= 0.6 is 0 Å². The van der Waals surface area contributed by atoms with Crippen molar-refractivity contribution in [3.63, 3.8) is 0 Å². The predicted molar refractivity (Wildman–Crippen MR) is 352 cm³/mol. The van der Waals surface area contributed by atoms with E-state index in [-0.39, 0.29) is 107 Å². The van der Waals surface area contributed by atoms with E-state index in [0.717, 1.165) is 25.7 Å². The topological polar surface area (TPSA) is 271 Å². The zero-order valence-electron chi connectivity index (χ0n) is 59.2. The van der Waals surface area contributed by atoms with E-state index in [1.54, 1.807) is 46.7 Å². The van der Waals surface area contributed by atoms with Gasteiger partial charge in [-0.1, -0.05) is 91.5 Å². The fourth-order valence-electron chi connectivity index (χ4n) is 13.8. The Kier molecular flexibility index (Phi) is 29.2. The Morgan fingerprint density at radius 2 is 1.23 bits per heavy atom. The summed E-state index contributed by atoms with van der Waals surface area (Å²) >= 11 is 0. The van der Waals surface area contributed by atoms with Gasteiger partial charge in [-0.15, -0.1) is 0 Å². The summed E-state index contributed by atoms with van der Waals surface area (Å²) in [6, 6.07) is -8.42. The number of ether oxygens (including phenoxy) is 1. The van der Waals surface area contributed by atoms with Gasteiger partial charge < -0.3 is 65.1 Å². The highest BCUT2D eigenvalue weighted by atomic mass is 19.3. The number of likely N-dealkylation sites (N-methyl/N-ethyl adjacent to an activating group) is 7. The van der Waals surface area contributed by atoms with Gasteiger partial charge in [-0.3, -0.25) is 52.8 Å². The standard InChI is InChI=1S/C68H112F2N12O12/c1-18-46(36-83)76(13)67(93)60(43(9)10)74-62(88)53(19-2)77(14)58(85)34-75(12)57(84)23-24-72-61(87)54(28-41(5)6)79(16)64(90)51(27-40(3)4)73-63(89)55(29-42(7)8)80(17)66(92)56(32-50-48-31-49(50)45-22-21-44(48)30-45)78(15)59(86)35-81-25-20-26-82-39-68(69,70)33-47(82)37-94-38-52(71-11)65(81)91/h36,40-43,46-47,50-56,60,71H,18-35,37-39H2,1-17H3,(H,72,87)(H,73,89)(H,74,88)/t46?,47-,51?,52?,53?,54?,55?,56?,60?/m0/s1. The Labute approximate surface area is 556 Å². The van der Waals surface area contributed by atoms with Crippen LogP contribution in [0.2, 0.25) is 0 Å². The van der Waals surface area contributed by atoms with Crippen molar-refractivity contribution in [3.8, 4) is 0 Å². The zero-order chi connectivity index (χ0) is 70.4. The number of halogens is 2. The number of allylic oxidation sites excluding steroid dienone is 4. The molecule has 8 unspecified atom stereocenters. The molecule has 2 saturated heterocycles. The largest absolute Gasteiger partial charge is 0.378 e. The molecule has 0 aromatic carbocycles. The third kappa shape index (κ3) is 20.1. The van der Waals surface area contributed by atoms with Crippen LogP contribution in [0.3, 0.4) is 0 Å². The molecule has 4 bridgehead atoms. The average molecular weight is 1330 g/mol. The lowest BCUT2D eigenvalue weighted by molar-refractivity contribution is -0.151. The first-order valence-corrected chi connectivity index (χ1v) is 34.1. The lowest BCUT2D eigenvalue weighted by atomic mass is 9.64. The summed E-state index contributed by atoms with van der Waals surface area (Å²) in [4.78, 5) is 165. The van der Waals surface area contributed by atoms with E-state index in [1.165, 1.54) is 91.8 Å². The molecule has 2 saturated carbocycles. The fourth-order valence-corrected chi connectivity index (χ4v) is 13.8. The zero-order valence-corrected chi connectivity index (χ0v) is 59.2. The van der Waals surface area contributed by atoms with Gasteiger partial charge >= 0.3 is 0 Å². The predicted octanol–water partition coefficient (Wildman–Crippen LogP) is 3.62. The van der Waals surface area contributed by atoms with Crippen LogP contribution in [0.4, 0.5) is 8.78 Å². The molecule has 530 valence electrons. The van der Waals surface area contributed by atoms with Gasteiger partial charge in [0.25, 0.3) is 5.92 Å². The number of nitrogens with one attached hydrogen (secondary N) is 4. The number of aldehydes is 1. The molecule has 4 N–H and O–H groups in total. The van der Waals surface area contributed by atoms with E-state index in [2.05, 4.69) is 21.3 Å². The molecule has 26 heteroatoms. The fraction of sp³-hybridized carbons (Fsp3) is 0.779. The Morgan fingerprint density at radius 1 is 0.660 bits per heavy atom. The maximum Gasteiger partial charge on any atom is 0.262 e. The molecule has 6 aliphatic rings. The SMILES string of the molecule is CCC(C=O)N(C)C(=O)C(NC(=O)C(CC)N(C)C(=O)CN(C)C(=O)CCNC(=O)C(CC(C)C)N(C)C(=O)C(CC(C)C)NC(=O)C(CC(C)C)N(C)C(=O)C(CC1C2=C3CCC(=C1C2)C3)N(C)C(=O)CN1CCCN2CC(F)(F)C[C@H]2COCC(NC)C1=O)C(C)C. The molecule has 9 atom stereocenters. The smallest absolute Gasteiger partial charge is 0.262 e. The molecule has 0 aromatic rings. The van der Waals surface area contributed by atoms with Crippen LogP contribution in [0.15, 0.2) is 22.3 Å². The highest BCUT2D eigenvalue weighted by molar-refractivity contribution is 5.97. The number of carbonyl (C=O) groups excluding carboxylic acids is 11. The van der Waals surface area contributed by atoms with Gasteiger partial charge in [-0.25, -0.2) is 8.78 Å². The van der Waals surface area contributed by atoms with Gasteiger partial charge in [0.05, 0.1) is 38.9 Å². The summed E-state index contributed by atoms with van der Waals surface area (Å²) in [5.41, 5.74) is 5.30. The number of alkyl halides is 2. The monoisotopic (exact) mass is 1330 g/mol. The lowest BCUT2D eigenvalue weighted by Gasteiger charge is -2.44. The van der Waals surface area contributed by atoms with Crippen LogP contribution in [0, 0.1) is 29.6 Å². The Morgan fingerprint density at radius 3 is 1.79 bits per heavy atom. The number of amides is 10. The van der Waals surface area contributed by atoms with Crippen molar-refractivity contribution in [2.24, 2.45) is 29.6 Å². The molecule has 10 amide bonds. The normalized spacial score (nSPS) is 20.5. The van der Waals surface area contributed by atoms with Crippen molar-refractivity contribution in [2.45, 2.75) is 213 Å². The molecule has 0 aromatic heterocycles. The summed E-state index contributed by atoms with van der Waals surface area (Å²) < 4.78 is 35.1. The molecule has 0 radical (unpaired) electrons. The van der Waals surface area contributed by atoms with Gasteiger partial charge in [0, 0.05) is 86.7 Å². The van der Waals surface area contributed by atoms with E-state index >= 15 is 9.59 Å². The number of fused-ring (bicyclic) bond motifs is 1. The van der Waals surface area contributed by atoms with Crippen LogP contribution in [-0.2, 0) is 57.5 Å². The summed E-state index contributed by atoms with van der Waals surface area (Å²) in [5.74, 6) is -8.82. The summed E-state index contributed by atoms with van der Waals surface area (Å²) in [5, 5.41) is 11.5. The molecule has 24 nitrogen and oxygen atoms in total. The first kappa shape index (κ1) is 78.3. The minimum absolute atomic E-state index is 0.0287. The van der Waals surface area contributed by atoms with Crippen LogP contribution in [0.25, 0.3) is 0 Å². The second-order valence-corrected chi connectivity index (χ2v) is 28.5. The second-order valence-electron chi connectivity index (χ2n) is 28.5. The van der Waals surface area contributed by atoms with Gasteiger partial charge in [-0.05, 0) is 101 Å². The maximum absolute atomic E-state index is 15.5. The van der Waals surface area contributed by atoms with Gasteiger partial charge in [0.15, 0.2) is 0 Å². The summed E-state index contributed by atoms with van der Waals surface area (Å²) in [7, 11) is 10.5. The third-order valence-electron chi connectivity index (χ3n) is 19.7. The number of rotatable bonds is 33. The molecule has 94 heavy (non-hydrogen) atoms. The molecule has 2 heterocycles. The second kappa shape index (κ2) is 35.0. The number of hydrogen-bond donors (Lipinski definition) is 4. The highest BCUT2D eigenvalue weighted by Crippen LogP contribution is 2.57. The maximum atomic E-state index is 15.5. The third-order valence-corrected chi connectivity index (χ3v) is 19.7. The first-order valence-electron chi connectivity index (χ1n) is 34.1. The van der Waals surface area contributed by atoms with Crippen molar-refractivity contribution in [3.05, 3.63) is 22.3 Å². The lowest BCUT2D eigenvalue weighted by Crippen LogP contribution is -2.60. The molecule has 2 aliphatic heterocycles. The Bertz CT molecular complexity index is 2770. The van der Waals surface area contributed by atoms with Gasteiger partial charge in [0.1, 0.15) is 48.6 Å². The van der Waals surface area contributed by atoms with Gasteiger partial charge in [0.2, 0.25) is 59.1 Å². The quantitative estimate of drug-likeness (QED) is 0.0540. The molecule has 4 fully saturated rings. The van der Waals surface area contributed by atoms with Gasteiger partial charge in [-0.2, -0.15) is 0 Å². The molecule has 6 rings (SSSR count). The number of hydrogen-bond acceptors (Lipinski definition) is 14. The van der Waals surface area contributed by atoms with Crippen molar-refractivity contribution >= 4 is 65.4 Å². The van der Waals surface area contributed by atoms with E-state index in [1.807, 2.05) is 41.5 Å². The molecule has 4 aliphatic carbocycles. The van der Waals surface area contributed by atoms with Crippen molar-refractivity contribution in [2.75, 3.05) is 102 Å². The van der Waals surface area contributed by atoms with E-state index in [0.29, 0.717) is 19.1 Å². The van der Waals surface area contributed by atoms with Crippen LogP contribution < -0.4 is 21.3 Å². The van der Waals surface area contributed by atoms with Crippen molar-refractivity contribution in [1.29, 1.82) is 0 Å². The van der Waals surface area contributed by atoms with E-state index < -0.39 is 139 Å². The van der Waals surface area contributed by atoms with Crippen LogP contribution in [-0.4, -0.2) is 267 Å². The summed E-state index contributed by atoms with van der Waals surface area (Å²) in [6.45, 7) is 17.3. The van der Waals surface area contributed by atoms with Crippen LogP contribution in [0.5, 0.6) is 0 Å². The Balaban J connectivity index is 1.29. The summed E-state index contributed by atoms with van der Waals surface area (Å²) in [6.07, 6.45) is 5.51. The molecule has 0 spiro atoms. The number of carbonyl (C=O) groups is 11.